The normalized spacial score (nSPS) is 17.6. The molecule has 21 heavy (non-hydrogen) atoms. The van der Waals surface area contributed by atoms with Gasteiger partial charge in [0, 0.05) is 39.3 Å². The van der Waals surface area contributed by atoms with Crippen molar-refractivity contribution in [1.82, 2.24) is 9.80 Å². The van der Waals surface area contributed by atoms with Gasteiger partial charge in [0.2, 0.25) is 0 Å². The van der Waals surface area contributed by atoms with Crippen LogP contribution in [0.15, 0.2) is 24.3 Å². The van der Waals surface area contributed by atoms with E-state index in [0.29, 0.717) is 6.54 Å². The Morgan fingerprint density at radius 3 is 2.67 bits per heavy atom. The summed E-state index contributed by atoms with van der Waals surface area (Å²) in [6, 6.07) is 7.78. The molecule has 2 N–H and O–H groups in total. The zero-order valence-electron chi connectivity index (χ0n) is 12.9. The van der Waals surface area contributed by atoms with Crippen molar-refractivity contribution >= 4 is 5.91 Å². The summed E-state index contributed by atoms with van der Waals surface area (Å²) < 4.78 is 5.76. The predicted molar refractivity (Wildman–Crippen MR) is 83.3 cm³/mol. The Hall–Kier alpha value is -1.59. The molecule has 1 aromatic rings. The highest BCUT2D eigenvalue weighted by atomic mass is 16.5. The van der Waals surface area contributed by atoms with Gasteiger partial charge < -0.3 is 15.4 Å². The molecule has 1 aromatic carbocycles. The minimum Gasteiger partial charge on any atom is -0.481 e. The van der Waals surface area contributed by atoms with Crippen LogP contribution in [0, 0.1) is 6.92 Å². The summed E-state index contributed by atoms with van der Waals surface area (Å²) in [4.78, 5) is 16.6. The van der Waals surface area contributed by atoms with E-state index in [-0.39, 0.29) is 5.91 Å². The van der Waals surface area contributed by atoms with Gasteiger partial charge in [-0.05, 0) is 31.5 Å². The van der Waals surface area contributed by atoms with Crippen LogP contribution in [-0.2, 0) is 4.79 Å². The second-order valence-electron chi connectivity index (χ2n) is 5.53. The maximum absolute atomic E-state index is 12.4. The Bertz CT molecular complexity index is 470. The number of amides is 1. The molecule has 0 aromatic heterocycles. The third kappa shape index (κ3) is 4.44. The van der Waals surface area contributed by atoms with Crippen LogP contribution in [0.4, 0.5) is 0 Å². The molecule has 1 aliphatic rings. The van der Waals surface area contributed by atoms with E-state index >= 15 is 0 Å². The number of nitrogens with zero attached hydrogens (tertiary/aromatic N) is 2. The number of piperazine rings is 1. The molecule has 2 rings (SSSR count). The lowest BCUT2D eigenvalue weighted by molar-refractivity contribution is -0.139. The van der Waals surface area contributed by atoms with Crippen molar-refractivity contribution in [3.8, 4) is 5.75 Å². The number of carbonyl (C=O) groups is 1. The van der Waals surface area contributed by atoms with Crippen molar-refractivity contribution in [2.24, 2.45) is 5.73 Å². The van der Waals surface area contributed by atoms with Crippen molar-refractivity contribution in [3.05, 3.63) is 29.8 Å². The number of hydrogen-bond donors (Lipinski definition) is 1. The van der Waals surface area contributed by atoms with E-state index in [1.165, 1.54) is 0 Å². The molecule has 1 saturated heterocycles. The Morgan fingerprint density at radius 2 is 2.05 bits per heavy atom. The molecule has 116 valence electrons. The predicted octanol–water partition coefficient (Wildman–Crippen LogP) is 0.865. The Kier molecular flexibility index (Phi) is 5.59. The Morgan fingerprint density at radius 1 is 1.33 bits per heavy atom. The average Bonchev–Trinajstić information content (AvgIpc) is 2.47. The van der Waals surface area contributed by atoms with Crippen LogP contribution >= 0.6 is 0 Å². The fourth-order valence-electron chi connectivity index (χ4n) is 2.57. The SMILES string of the molecule is Cc1cccc(OC(C)C(=O)N2CCN(CCN)CC2)c1. The molecule has 5 nitrogen and oxygen atoms in total. The largest absolute Gasteiger partial charge is 0.481 e. The molecular weight excluding hydrogens is 266 g/mol. The smallest absolute Gasteiger partial charge is 0.263 e. The molecule has 1 amide bonds. The van der Waals surface area contributed by atoms with Crippen molar-refractivity contribution < 1.29 is 9.53 Å². The van der Waals surface area contributed by atoms with Gasteiger partial charge in [-0.25, -0.2) is 0 Å². The van der Waals surface area contributed by atoms with Gasteiger partial charge in [-0.2, -0.15) is 0 Å². The van der Waals surface area contributed by atoms with Crippen molar-refractivity contribution in [2.45, 2.75) is 20.0 Å². The number of hydrogen-bond acceptors (Lipinski definition) is 4. The molecule has 1 unspecified atom stereocenters. The number of carbonyl (C=O) groups excluding carboxylic acids is 1. The third-order valence-corrected chi connectivity index (χ3v) is 3.78. The lowest BCUT2D eigenvalue weighted by atomic mass is 10.2. The second kappa shape index (κ2) is 7.43. The first-order chi connectivity index (χ1) is 10.1. The Labute approximate surface area is 126 Å². The molecule has 0 aliphatic carbocycles. The molecule has 1 heterocycles. The quantitative estimate of drug-likeness (QED) is 0.874. The maximum atomic E-state index is 12.4. The molecule has 1 atom stereocenters. The van der Waals surface area contributed by atoms with E-state index in [2.05, 4.69) is 4.90 Å². The molecule has 5 heteroatoms. The lowest BCUT2D eigenvalue weighted by Crippen LogP contribution is -2.52. The summed E-state index contributed by atoms with van der Waals surface area (Å²) >= 11 is 0. The van der Waals surface area contributed by atoms with Crippen LogP contribution in [0.25, 0.3) is 0 Å². The van der Waals surface area contributed by atoms with E-state index in [1.54, 1.807) is 0 Å². The fraction of sp³-hybridized carbons (Fsp3) is 0.562. The van der Waals surface area contributed by atoms with Crippen LogP contribution < -0.4 is 10.5 Å². The van der Waals surface area contributed by atoms with E-state index in [4.69, 9.17) is 10.5 Å². The summed E-state index contributed by atoms with van der Waals surface area (Å²) in [6.45, 7) is 8.67. The number of ether oxygens (including phenoxy) is 1. The second-order valence-corrected chi connectivity index (χ2v) is 5.53. The summed E-state index contributed by atoms with van der Waals surface area (Å²) in [7, 11) is 0. The zero-order chi connectivity index (χ0) is 15.2. The highest BCUT2D eigenvalue weighted by Crippen LogP contribution is 2.15. The highest BCUT2D eigenvalue weighted by molar-refractivity contribution is 5.81. The van der Waals surface area contributed by atoms with Crippen molar-refractivity contribution in [3.63, 3.8) is 0 Å². The molecule has 0 bridgehead atoms. The third-order valence-electron chi connectivity index (χ3n) is 3.78. The minimum atomic E-state index is -0.451. The van der Waals surface area contributed by atoms with Crippen LogP contribution in [0.2, 0.25) is 0 Å². The summed E-state index contributed by atoms with van der Waals surface area (Å²) in [5.74, 6) is 0.807. The standard InChI is InChI=1S/C16H25N3O2/c1-13-4-3-5-15(12-13)21-14(2)16(20)19-10-8-18(7-6-17)9-11-19/h3-5,12,14H,6-11,17H2,1-2H3. The fourth-order valence-corrected chi connectivity index (χ4v) is 2.57. The average molecular weight is 291 g/mol. The van der Waals surface area contributed by atoms with Gasteiger partial charge >= 0.3 is 0 Å². The van der Waals surface area contributed by atoms with Gasteiger partial charge in [0.25, 0.3) is 5.91 Å². The van der Waals surface area contributed by atoms with Crippen LogP contribution in [0.1, 0.15) is 12.5 Å². The van der Waals surface area contributed by atoms with Gasteiger partial charge in [0.05, 0.1) is 0 Å². The number of aryl methyl sites for hydroxylation is 1. The molecule has 0 radical (unpaired) electrons. The minimum absolute atomic E-state index is 0.0592. The summed E-state index contributed by atoms with van der Waals surface area (Å²) in [5, 5.41) is 0. The first-order valence-corrected chi connectivity index (χ1v) is 7.54. The zero-order valence-corrected chi connectivity index (χ0v) is 12.9. The van der Waals surface area contributed by atoms with Crippen LogP contribution in [0.3, 0.4) is 0 Å². The summed E-state index contributed by atoms with van der Waals surface area (Å²) in [6.07, 6.45) is -0.451. The molecule has 0 saturated carbocycles. The van der Waals surface area contributed by atoms with Crippen molar-refractivity contribution in [2.75, 3.05) is 39.3 Å². The Balaban J connectivity index is 1.85. The van der Waals surface area contributed by atoms with Gasteiger partial charge in [0.1, 0.15) is 5.75 Å². The molecule has 1 fully saturated rings. The molecular formula is C16H25N3O2. The van der Waals surface area contributed by atoms with Crippen LogP contribution in [0.5, 0.6) is 5.75 Å². The lowest BCUT2D eigenvalue weighted by Gasteiger charge is -2.35. The first-order valence-electron chi connectivity index (χ1n) is 7.54. The van der Waals surface area contributed by atoms with Gasteiger partial charge in [-0.3, -0.25) is 9.69 Å². The first kappa shape index (κ1) is 15.8. The van der Waals surface area contributed by atoms with Gasteiger partial charge in [-0.1, -0.05) is 12.1 Å². The summed E-state index contributed by atoms with van der Waals surface area (Å²) in [5.41, 5.74) is 6.69. The van der Waals surface area contributed by atoms with E-state index in [0.717, 1.165) is 44.0 Å². The highest BCUT2D eigenvalue weighted by Gasteiger charge is 2.25. The molecule has 0 spiro atoms. The van der Waals surface area contributed by atoms with Crippen LogP contribution in [-0.4, -0.2) is 61.1 Å². The van der Waals surface area contributed by atoms with Gasteiger partial charge in [0.15, 0.2) is 6.10 Å². The molecule has 1 aliphatic heterocycles. The van der Waals surface area contributed by atoms with E-state index < -0.39 is 6.10 Å². The van der Waals surface area contributed by atoms with E-state index in [1.807, 2.05) is 43.0 Å². The van der Waals surface area contributed by atoms with Crippen molar-refractivity contribution in [1.29, 1.82) is 0 Å². The maximum Gasteiger partial charge on any atom is 0.263 e. The van der Waals surface area contributed by atoms with Gasteiger partial charge in [-0.15, -0.1) is 0 Å². The monoisotopic (exact) mass is 291 g/mol. The van der Waals surface area contributed by atoms with E-state index in [9.17, 15) is 4.79 Å². The number of nitrogens with two attached hydrogens (primary N) is 1. The number of rotatable bonds is 5. The topological polar surface area (TPSA) is 58.8 Å². The number of benzene rings is 1.